The van der Waals surface area contributed by atoms with Crippen LogP contribution >= 0.6 is 0 Å². The molecule has 0 aromatic carbocycles. The summed E-state index contributed by atoms with van der Waals surface area (Å²) in [5.41, 5.74) is 0. The molecule has 0 unspecified atom stereocenters. The first-order valence-corrected chi connectivity index (χ1v) is 0.789. The summed E-state index contributed by atoms with van der Waals surface area (Å²) < 4.78 is 0. The van der Waals surface area contributed by atoms with Crippen molar-refractivity contribution >= 4 is 0 Å². The largest absolute Gasteiger partial charge is 0.120 e. The van der Waals surface area contributed by atoms with E-state index < -0.39 is 0 Å². The molecule has 0 fully saturated rings. The Labute approximate surface area is 27.8 Å². The average Bonchev–Trinajstić information content (AvgIpc) is 0.918. The molecule has 0 aliphatic heterocycles. The first kappa shape index (κ1) is 9.59. The predicted molar refractivity (Wildman–Crippen MR) is 21.2 cm³/mol. The van der Waals surface area contributed by atoms with Gasteiger partial charge in [0.15, 0.2) is 0 Å². The van der Waals surface area contributed by atoms with Crippen LogP contribution in [0.3, 0.4) is 0 Å². The van der Waals surface area contributed by atoms with E-state index in [-0.39, 0.29) is 7.43 Å². The zero-order valence-electron chi connectivity index (χ0n) is 2.08. The lowest BCUT2D eigenvalue weighted by atomic mass is 10.9. The lowest BCUT2D eigenvalue weighted by molar-refractivity contribution is 1.94. The molecule has 0 heterocycles. The SMILES string of the molecule is C.C#CC. The lowest BCUT2D eigenvalue weighted by Gasteiger charge is -1.23. The van der Waals surface area contributed by atoms with Crippen LogP contribution in [0.2, 0.25) is 0 Å². The van der Waals surface area contributed by atoms with E-state index in [0.717, 1.165) is 0 Å². The van der Waals surface area contributed by atoms with E-state index in [2.05, 4.69) is 12.3 Å². The van der Waals surface area contributed by atoms with Gasteiger partial charge in [0, 0.05) is 0 Å². The maximum absolute atomic E-state index is 4.60. The summed E-state index contributed by atoms with van der Waals surface area (Å²) in [4.78, 5) is 0. The van der Waals surface area contributed by atoms with E-state index in [4.69, 9.17) is 0 Å². The molecule has 0 aromatic heterocycles. The molecular formula is C4H8. The Morgan fingerprint density at radius 2 is 1.75 bits per heavy atom. The van der Waals surface area contributed by atoms with Gasteiger partial charge in [0.05, 0.1) is 0 Å². The Kier molecular flexibility index (Phi) is 47.6. The van der Waals surface area contributed by atoms with Gasteiger partial charge in [-0.3, -0.25) is 0 Å². The Hall–Kier alpha value is -0.440. The Morgan fingerprint density at radius 1 is 1.75 bits per heavy atom. The fourth-order valence-electron chi connectivity index (χ4n) is 0. The minimum Gasteiger partial charge on any atom is -0.120 e. The van der Waals surface area contributed by atoms with Crippen LogP contribution in [0.15, 0.2) is 0 Å². The molecule has 0 saturated carbocycles. The second kappa shape index (κ2) is 19.9. The molecule has 0 spiro atoms. The van der Waals surface area contributed by atoms with Gasteiger partial charge in [-0.1, -0.05) is 7.43 Å². The minimum atomic E-state index is 0. The Balaban J connectivity index is 0. The summed E-state index contributed by atoms with van der Waals surface area (Å²) in [7, 11) is 0. The fourth-order valence-corrected chi connectivity index (χ4v) is 0. The van der Waals surface area contributed by atoms with E-state index >= 15 is 0 Å². The molecule has 0 atom stereocenters. The molecular weight excluding hydrogens is 48.0 g/mol. The highest BCUT2D eigenvalue weighted by Gasteiger charge is 1.09. The summed E-state index contributed by atoms with van der Waals surface area (Å²) in [6.45, 7) is 1.65. The second-order valence-electron chi connectivity index (χ2n) is 0.289. The summed E-state index contributed by atoms with van der Waals surface area (Å²) in [6, 6.07) is 0. The van der Waals surface area contributed by atoms with Crippen LogP contribution < -0.4 is 0 Å². The summed E-state index contributed by atoms with van der Waals surface area (Å²) >= 11 is 0. The van der Waals surface area contributed by atoms with Crippen molar-refractivity contribution in [3.63, 3.8) is 0 Å². The van der Waals surface area contributed by atoms with Crippen molar-refractivity contribution in [2.75, 3.05) is 0 Å². The number of rotatable bonds is 0. The smallest absolute Gasteiger partial charge is 0.00297 e. The van der Waals surface area contributed by atoms with Crippen LogP contribution in [-0.4, -0.2) is 0 Å². The van der Waals surface area contributed by atoms with Gasteiger partial charge >= 0.3 is 0 Å². The van der Waals surface area contributed by atoms with Crippen molar-refractivity contribution in [3.05, 3.63) is 0 Å². The van der Waals surface area contributed by atoms with Gasteiger partial charge in [0.1, 0.15) is 0 Å². The van der Waals surface area contributed by atoms with Crippen LogP contribution in [0, 0.1) is 12.3 Å². The quantitative estimate of drug-likeness (QED) is 0.367. The van der Waals surface area contributed by atoms with Crippen molar-refractivity contribution in [1.82, 2.24) is 0 Å². The molecule has 0 amide bonds. The first-order chi connectivity index (χ1) is 1.41. The van der Waals surface area contributed by atoms with E-state index in [9.17, 15) is 0 Å². The van der Waals surface area contributed by atoms with Gasteiger partial charge in [0.25, 0.3) is 0 Å². The molecule has 0 saturated heterocycles. The Bertz CT molecular complexity index is 21.5. The second-order valence-corrected chi connectivity index (χ2v) is 0.289. The van der Waals surface area contributed by atoms with Crippen molar-refractivity contribution in [2.24, 2.45) is 0 Å². The van der Waals surface area contributed by atoms with Gasteiger partial charge in [-0.15, -0.1) is 12.3 Å². The third-order valence-electron chi connectivity index (χ3n) is 0. The highest BCUT2D eigenvalue weighted by atomic mass is 13.2. The molecule has 0 aliphatic rings. The van der Waals surface area contributed by atoms with Crippen LogP contribution in [-0.2, 0) is 0 Å². The number of hydrogen-bond acceptors (Lipinski definition) is 0. The molecule has 0 aliphatic carbocycles. The number of hydrogen-bond donors (Lipinski definition) is 0. The average molecular weight is 56.1 g/mol. The maximum Gasteiger partial charge on any atom is -0.00297 e. The van der Waals surface area contributed by atoms with Crippen LogP contribution in [0.1, 0.15) is 14.4 Å². The lowest BCUT2D eigenvalue weighted by Crippen LogP contribution is -1.10. The third kappa shape index (κ3) is 2.53. The topological polar surface area (TPSA) is 0 Å². The summed E-state index contributed by atoms with van der Waals surface area (Å²) in [5, 5.41) is 0. The monoisotopic (exact) mass is 56.1 g/mol. The van der Waals surface area contributed by atoms with Gasteiger partial charge in [0.2, 0.25) is 0 Å². The van der Waals surface area contributed by atoms with Gasteiger partial charge in [-0.25, -0.2) is 0 Å². The molecule has 24 valence electrons. The molecule has 0 rings (SSSR count). The predicted octanol–water partition coefficient (Wildman–Crippen LogP) is 1.28. The molecule has 0 heteroatoms. The van der Waals surface area contributed by atoms with Crippen molar-refractivity contribution in [3.8, 4) is 12.3 Å². The van der Waals surface area contributed by atoms with Crippen molar-refractivity contribution in [2.45, 2.75) is 14.4 Å². The zero-order valence-corrected chi connectivity index (χ0v) is 2.08. The summed E-state index contributed by atoms with van der Waals surface area (Å²) in [6.07, 6.45) is 4.60. The molecule has 0 N–H and O–H groups in total. The standard InChI is InChI=1S/C3H4.CH4/c1-3-2;/h1H,2H3;1H4. The van der Waals surface area contributed by atoms with E-state index in [1.165, 1.54) is 0 Å². The molecule has 0 aromatic rings. The zero-order chi connectivity index (χ0) is 2.71. The van der Waals surface area contributed by atoms with Gasteiger partial charge in [-0.2, -0.15) is 0 Å². The highest BCUT2D eigenvalue weighted by molar-refractivity contribution is 4.73. The molecule has 0 radical (unpaired) electrons. The molecule has 4 heavy (non-hydrogen) atoms. The normalized spacial score (nSPS) is 2.00. The van der Waals surface area contributed by atoms with E-state index in [1.54, 1.807) is 6.92 Å². The first-order valence-electron chi connectivity index (χ1n) is 0.789. The van der Waals surface area contributed by atoms with Gasteiger partial charge < -0.3 is 0 Å². The van der Waals surface area contributed by atoms with Gasteiger partial charge in [-0.05, 0) is 6.92 Å². The maximum atomic E-state index is 4.60. The van der Waals surface area contributed by atoms with Crippen molar-refractivity contribution in [1.29, 1.82) is 0 Å². The highest BCUT2D eigenvalue weighted by Crippen LogP contribution is 1.21. The minimum absolute atomic E-state index is 0. The van der Waals surface area contributed by atoms with Crippen LogP contribution in [0.4, 0.5) is 0 Å². The van der Waals surface area contributed by atoms with Crippen LogP contribution in [0.25, 0.3) is 0 Å². The molecule has 0 nitrogen and oxygen atoms in total. The van der Waals surface area contributed by atoms with E-state index in [0.29, 0.717) is 0 Å². The van der Waals surface area contributed by atoms with E-state index in [1.807, 2.05) is 0 Å². The summed E-state index contributed by atoms with van der Waals surface area (Å²) in [5.74, 6) is 2.25. The third-order valence-corrected chi connectivity index (χ3v) is 0. The number of terminal acetylenes is 1. The Morgan fingerprint density at radius 3 is 1.75 bits per heavy atom. The van der Waals surface area contributed by atoms with Crippen LogP contribution in [0.5, 0.6) is 0 Å². The molecule has 0 bridgehead atoms. The fraction of sp³-hybridized carbons (Fsp3) is 0.500. The van der Waals surface area contributed by atoms with Crippen molar-refractivity contribution < 1.29 is 0 Å².